The number of piperazine rings is 1. The van der Waals surface area contributed by atoms with Crippen LogP contribution in [0.3, 0.4) is 0 Å². The number of hydrogen-bond donors (Lipinski definition) is 0. The summed E-state index contributed by atoms with van der Waals surface area (Å²) in [7, 11) is 0. The largest absolute Gasteiger partial charge is 0.338 e. The summed E-state index contributed by atoms with van der Waals surface area (Å²) in [5.74, 6) is -0.145. The number of carbonyl (C=O) groups excluding carboxylic acids is 2. The molecule has 1 aromatic heterocycles. The second kappa shape index (κ2) is 9.69. The Morgan fingerprint density at radius 1 is 0.969 bits per heavy atom. The van der Waals surface area contributed by atoms with Gasteiger partial charge in [-0.2, -0.15) is 0 Å². The second-order valence-corrected chi connectivity index (χ2v) is 8.66. The predicted octanol–water partition coefficient (Wildman–Crippen LogP) is 1.77. The maximum absolute atomic E-state index is 13.5. The summed E-state index contributed by atoms with van der Waals surface area (Å²) in [6.45, 7) is 9.08. The van der Waals surface area contributed by atoms with Crippen molar-refractivity contribution in [3.63, 3.8) is 0 Å². The van der Waals surface area contributed by atoms with Crippen molar-refractivity contribution in [2.75, 3.05) is 39.3 Å². The minimum atomic E-state index is -0.209. The zero-order valence-electron chi connectivity index (χ0n) is 19.0. The van der Waals surface area contributed by atoms with E-state index in [-0.39, 0.29) is 17.4 Å². The number of nitrogens with zero attached hydrogens (tertiary/aromatic N) is 4. The third-order valence-corrected chi connectivity index (χ3v) is 6.72. The fourth-order valence-corrected chi connectivity index (χ4v) is 4.69. The first kappa shape index (κ1) is 22.3. The number of aryl methyl sites for hydroxylation is 2. The van der Waals surface area contributed by atoms with Crippen molar-refractivity contribution in [3.8, 4) is 0 Å². The van der Waals surface area contributed by atoms with Gasteiger partial charge in [-0.05, 0) is 36.1 Å². The van der Waals surface area contributed by atoms with Crippen LogP contribution in [-0.4, -0.2) is 70.3 Å². The zero-order valence-corrected chi connectivity index (χ0v) is 19.0. The Kier molecular flexibility index (Phi) is 6.74. The molecule has 4 rings (SSSR count). The summed E-state index contributed by atoms with van der Waals surface area (Å²) >= 11 is 0. The van der Waals surface area contributed by atoms with Crippen molar-refractivity contribution in [1.29, 1.82) is 0 Å². The highest BCUT2D eigenvalue weighted by molar-refractivity contribution is 5.96. The van der Waals surface area contributed by atoms with Gasteiger partial charge in [-0.3, -0.25) is 14.4 Å². The fraction of sp³-hybridized carbons (Fsp3) is 0.480. The molecule has 1 fully saturated rings. The third kappa shape index (κ3) is 4.63. The van der Waals surface area contributed by atoms with Crippen LogP contribution in [0, 0.1) is 0 Å². The molecule has 0 aliphatic carbocycles. The van der Waals surface area contributed by atoms with Crippen molar-refractivity contribution in [2.45, 2.75) is 39.8 Å². The maximum Gasteiger partial charge on any atom is 0.263 e. The van der Waals surface area contributed by atoms with Crippen LogP contribution in [0.15, 0.2) is 41.3 Å². The summed E-state index contributed by atoms with van der Waals surface area (Å²) in [4.78, 5) is 44.9. The van der Waals surface area contributed by atoms with Crippen LogP contribution < -0.4 is 5.56 Å². The highest BCUT2D eigenvalue weighted by Gasteiger charge is 2.30. The molecule has 0 saturated carbocycles. The third-order valence-electron chi connectivity index (χ3n) is 6.72. The van der Waals surface area contributed by atoms with Crippen molar-refractivity contribution < 1.29 is 9.59 Å². The molecule has 2 aliphatic heterocycles. The van der Waals surface area contributed by atoms with Crippen LogP contribution >= 0.6 is 0 Å². The van der Waals surface area contributed by atoms with Gasteiger partial charge in [-0.15, -0.1) is 0 Å². The van der Waals surface area contributed by atoms with E-state index in [0.29, 0.717) is 51.1 Å². The molecular formula is C25H32N4O3. The Hall–Kier alpha value is -2.93. The topological polar surface area (TPSA) is 65.9 Å². The Labute approximate surface area is 189 Å². The van der Waals surface area contributed by atoms with Crippen LogP contribution in [0.4, 0.5) is 0 Å². The monoisotopic (exact) mass is 436 g/mol. The van der Waals surface area contributed by atoms with Gasteiger partial charge < -0.3 is 19.3 Å². The molecule has 1 saturated heterocycles. The molecule has 2 aliphatic rings. The van der Waals surface area contributed by atoms with Crippen LogP contribution in [0.1, 0.15) is 40.9 Å². The standard InChI is InChI=1S/C25H32N4O3/c1-3-26-13-15-27(16-14-26)24(31)23-22-10-12-28(19(2)30)17-21(22)18-29(25(23)32)11-9-20-7-5-4-6-8-20/h4-8,18H,3,9-17H2,1-2H3. The van der Waals surface area contributed by atoms with E-state index in [1.54, 1.807) is 16.4 Å². The van der Waals surface area contributed by atoms with E-state index in [1.807, 2.05) is 41.4 Å². The Balaban J connectivity index is 1.67. The van der Waals surface area contributed by atoms with Crippen LogP contribution in [-0.2, 0) is 30.7 Å². The molecule has 2 amide bonds. The van der Waals surface area contributed by atoms with Gasteiger partial charge in [0.1, 0.15) is 5.56 Å². The summed E-state index contributed by atoms with van der Waals surface area (Å²) in [5.41, 5.74) is 2.98. The lowest BCUT2D eigenvalue weighted by molar-refractivity contribution is -0.129. The average molecular weight is 437 g/mol. The molecule has 0 unspecified atom stereocenters. The lowest BCUT2D eigenvalue weighted by atomic mass is 9.95. The number of likely N-dealkylation sites (N-methyl/N-ethyl adjacent to an activating group) is 1. The van der Waals surface area contributed by atoms with E-state index >= 15 is 0 Å². The molecule has 3 heterocycles. The molecular weight excluding hydrogens is 404 g/mol. The van der Waals surface area contributed by atoms with E-state index in [2.05, 4.69) is 11.8 Å². The van der Waals surface area contributed by atoms with Crippen molar-refractivity contribution in [3.05, 3.63) is 69.1 Å². The Morgan fingerprint density at radius 2 is 1.69 bits per heavy atom. The Bertz CT molecular complexity index is 1040. The molecule has 0 bridgehead atoms. The average Bonchev–Trinajstić information content (AvgIpc) is 2.82. The molecule has 0 atom stereocenters. The molecule has 0 spiro atoms. The SMILES string of the molecule is CCN1CCN(C(=O)c2c3c(cn(CCc4ccccc4)c2=O)CN(C(C)=O)CC3)CC1. The number of benzene rings is 1. The maximum atomic E-state index is 13.5. The van der Waals surface area contributed by atoms with Crippen LogP contribution in [0.2, 0.25) is 0 Å². The van der Waals surface area contributed by atoms with Gasteiger partial charge >= 0.3 is 0 Å². The van der Waals surface area contributed by atoms with E-state index in [1.165, 1.54) is 0 Å². The van der Waals surface area contributed by atoms with Gasteiger partial charge in [0.15, 0.2) is 0 Å². The summed E-state index contributed by atoms with van der Waals surface area (Å²) in [6.07, 6.45) is 3.11. The number of aromatic nitrogens is 1. The second-order valence-electron chi connectivity index (χ2n) is 8.66. The minimum absolute atomic E-state index is 0.0150. The highest BCUT2D eigenvalue weighted by atomic mass is 16.2. The molecule has 0 N–H and O–H groups in total. The van der Waals surface area contributed by atoms with Gasteiger partial charge in [-0.1, -0.05) is 37.3 Å². The quantitative estimate of drug-likeness (QED) is 0.717. The molecule has 1 aromatic carbocycles. The van der Waals surface area contributed by atoms with Crippen molar-refractivity contribution in [1.82, 2.24) is 19.3 Å². The molecule has 2 aromatic rings. The lowest BCUT2D eigenvalue weighted by Crippen LogP contribution is -2.50. The number of rotatable bonds is 5. The first-order chi connectivity index (χ1) is 15.5. The number of pyridine rings is 1. The van der Waals surface area contributed by atoms with Crippen LogP contribution in [0.25, 0.3) is 0 Å². The van der Waals surface area contributed by atoms with Gasteiger partial charge in [0, 0.05) is 58.9 Å². The van der Waals surface area contributed by atoms with Gasteiger partial charge in [-0.25, -0.2) is 0 Å². The summed E-state index contributed by atoms with van der Waals surface area (Å²) in [5, 5.41) is 0. The highest BCUT2D eigenvalue weighted by Crippen LogP contribution is 2.22. The van der Waals surface area contributed by atoms with Gasteiger partial charge in [0.25, 0.3) is 11.5 Å². The lowest BCUT2D eigenvalue weighted by Gasteiger charge is -2.35. The number of amides is 2. The molecule has 7 heteroatoms. The van der Waals surface area contributed by atoms with E-state index < -0.39 is 0 Å². The summed E-state index contributed by atoms with van der Waals surface area (Å²) < 4.78 is 1.67. The normalized spacial score (nSPS) is 16.7. The first-order valence-electron chi connectivity index (χ1n) is 11.5. The molecule has 0 radical (unpaired) electrons. The molecule has 32 heavy (non-hydrogen) atoms. The summed E-state index contributed by atoms with van der Waals surface area (Å²) in [6, 6.07) is 10.0. The molecule has 7 nitrogen and oxygen atoms in total. The predicted molar refractivity (Wildman–Crippen MR) is 124 cm³/mol. The van der Waals surface area contributed by atoms with E-state index in [4.69, 9.17) is 0 Å². The fourth-order valence-electron chi connectivity index (χ4n) is 4.69. The minimum Gasteiger partial charge on any atom is -0.338 e. The Morgan fingerprint density at radius 3 is 2.34 bits per heavy atom. The first-order valence-corrected chi connectivity index (χ1v) is 11.5. The number of hydrogen-bond acceptors (Lipinski definition) is 4. The number of fused-ring (bicyclic) bond motifs is 1. The zero-order chi connectivity index (χ0) is 22.7. The van der Waals surface area contributed by atoms with E-state index in [0.717, 1.165) is 36.3 Å². The molecule has 170 valence electrons. The number of carbonyl (C=O) groups is 2. The van der Waals surface area contributed by atoms with Crippen molar-refractivity contribution >= 4 is 11.8 Å². The van der Waals surface area contributed by atoms with Gasteiger partial charge in [0.05, 0.1) is 0 Å². The smallest absolute Gasteiger partial charge is 0.263 e. The van der Waals surface area contributed by atoms with Crippen LogP contribution in [0.5, 0.6) is 0 Å². The van der Waals surface area contributed by atoms with Crippen molar-refractivity contribution in [2.24, 2.45) is 0 Å². The van der Waals surface area contributed by atoms with E-state index in [9.17, 15) is 14.4 Å². The van der Waals surface area contributed by atoms with Gasteiger partial charge in [0.2, 0.25) is 5.91 Å².